The Morgan fingerprint density at radius 2 is 0.859 bits per heavy atom. The number of anilines is 3. The van der Waals surface area contributed by atoms with Crippen molar-refractivity contribution < 1.29 is 0 Å². The molecule has 4 saturated carbocycles. The zero-order chi connectivity index (χ0) is 42.2. The molecule has 4 aliphatic carbocycles. The van der Waals surface area contributed by atoms with Crippen LogP contribution >= 0.6 is 0 Å². The first kappa shape index (κ1) is 37.8. The molecule has 14 rings (SSSR count). The van der Waals surface area contributed by atoms with Crippen LogP contribution in [0.2, 0.25) is 0 Å². The molecule has 9 aromatic rings. The van der Waals surface area contributed by atoms with Gasteiger partial charge in [0.15, 0.2) is 8.07 Å². The van der Waals surface area contributed by atoms with Crippen LogP contribution in [0.5, 0.6) is 0 Å². The minimum atomic E-state index is -2.69. The van der Waals surface area contributed by atoms with E-state index in [0.717, 1.165) is 17.8 Å². The van der Waals surface area contributed by atoms with Gasteiger partial charge in [-0.15, -0.1) is 0 Å². The molecule has 9 aromatic carbocycles. The van der Waals surface area contributed by atoms with Crippen molar-refractivity contribution >= 4 is 56.7 Å². The summed E-state index contributed by atoms with van der Waals surface area (Å²) in [4.78, 5) is 2.57. The van der Waals surface area contributed by atoms with Gasteiger partial charge in [-0.25, -0.2) is 0 Å². The van der Waals surface area contributed by atoms with Gasteiger partial charge in [-0.3, -0.25) is 0 Å². The van der Waals surface area contributed by atoms with Crippen LogP contribution in [0.25, 0.3) is 44.2 Å². The van der Waals surface area contributed by atoms with Crippen LogP contribution in [0, 0.1) is 17.8 Å². The number of hydrogen-bond donors (Lipinski definition) is 0. The van der Waals surface area contributed by atoms with Crippen LogP contribution in [0.15, 0.2) is 218 Å². The number of fused-ring (bicyclic) bond motifs is 4. The van der Waals surface area contributed by atoms with Crippen LogP contribution in [0.4, 0.5) is 17.1 Å². The highest BCUT2D eigenvalue weighted by Crippen LogP contribution is 2.61. The Balaban J connectivity index is 1.00. The monoisotopic (exact) mass is 837 g/mol. The Hall–Kier alpha value is -6.74. The standard InChI is InChI=1S/C62H51NSi/c1-4-15-46(16-5-1)54-24-12-17-48-18-13-25-55(60(48)54)47-29-33-50(34-30-47)63(51-35-31-49(32-36-51)62-40-43-37-44(41-62)39-45(38-43)42-62)57-26-14-28-59-61(57)56-23-10-11-27-58(56)64(59,52-19-6-2-7-20-52)53-21-8-3-9-22-53/h1-36,43-45H,37-42H2. The fourth-order valence-electron chi connectivity index (χ4n) is 13.7. The topological polar surface area (TPSA) is 3.24 Å². The Morgan fingerprint density at radius 1 is 0.391 bits per heavy atom. The minimum absolute atomic E-state index is 0.348. The van der Waals surface area contributed by atoms with Crippen LogP contribution in [0.3, 0.4) is 0 Å². The number of rotatable bonds is 8. The van der Waals surface area contributed by atoms with Gasteiger partial charge in [0.2, 0.25) is 0 Å². The third kappa shape index (κ3) is 5.81. The summed E-state index contributed by atoms with van der Waals surface area (Å²) in [5, 5.41) is 8.32. The van der Waals surface area contributed by atoms with Gasteiger partial charge in [0, 0.05) is 16.9 Å². The van der Waals surface area contributed by atoms with E-state index in [1.54, 1.807) is 5.56 Å². The van der Waals surface area contributed by atoms with Gasteiger partial charge in [-0.1, -0.05) is 188 Å². The summed E-state index contributed by atoms with van der Waals surface area (Å²) < 4.78 is 0. The zero-order valence-electron chi connectivity index (χ0n) is 36.2. The van der Waals surface area contributed by atoms with Crippen molar-refractivity contribution in [2.24, 2.45) is 17.8 Å². The molecule has 0 amide bonds. The predicted molar refractivity (Wildman–Crippen MR) is 272 cm³/mol. The summed E-state index contributed by atoms with van der Waals surface area (Å²) in [7, 11) is -2.69. The summed E-state index contributed by atoms with van der Waals surface area (Å²) in [6.07, 6.45) is 8.51. The number of nitrogens with zero attached hydrogens (tertiary/aromatic N) is 1. The molecule has 4 fully saturated rings. The molecule has 1 nitrogen and oxygen atoms in total. The van der Waals surface area contributed by atoms with Crippen molar-refractivity contribution in [3.63, 3.8) is 0 Å². The fraction of sp³-hybridized carbons (Fsp3) is 0.161. The Labute approximate surface area is 378 Å². The molecule has 1 heterocycles. The van der Waals surface area contributed by atoms with Crippen molar-refractivity contribution in [2.75, 3.05) is 4.90 Å². The van der Waals surface area contributed by atoms with Crippen molar-refractivity contribution in [1.82, 2.24) is 0 Å². The van der Waals surface area contributed by atoms with E-state index < -0.39 is 8.07 Å². The third-order valence-corrected chi connectivity index (χ3v) is 20.8. The lowest BCUT2D eigenvalue weighted by Gasteiger charge is -2.57. The van der Waals surface area contributed by atoms with Gasteiger partial charge < -0.3 is 4.90 Å². The van der Waals surface area contributed by atoms with E-state index in [1.807, 2.05) is 0 Å². The summed E-state index contributed by atoms with van der Waals surface area (Å²) in [6, 6.07) is 83.0. The lowest BCUT2D eigenvalue weighted by Crippen LogP contribution is -2.72. The van der Waals surface area contributed by atoms with Crippen LogP contribution in [-0.4, -0.2) is 8.07 Å². The van der Waals surface area contributed by atoms with Crippen molar-refractivity contribution in [3.05, 3.63) is 224 Å². The van der Waals surface area contributed by atoms with E-state index in [-0.39, 0.29) is 0 Å². The molecule has 0 unspecified atom stereocenters. The Bertz CT molecular complexity index is 3090. The fourth-order valence-corrected chi connectivity index (χ4v) is 18.9. The normalized spacial score (nSPS) is 21.1. The molecule has 0 aromatic heterocycles. The molecule has 0 saturated heterocycles. The largest absolute Gasteiger partial charge is 0.310 e. The van der Waals surface area contributed by atoms with Crippen LogP contribution < -0.4 is 25.6 Å². The Morgan fingerprint density at radius 3 is 1.45 bits per heavy atom. The molecule has 0 radical (unpaired) electrons. The van der Waals surface area contributed by atoms with Crippen molar-refractivity contribution in [3.8, 4) is 33.4 Å². The third-order valence-electron chi connectivity index (χ3n) is 15.9. The predicted octanol–water partition coefficient (Wildman–Crippen LogP) is 13.5. The van der Waals surface area contributed by atoms with Crippen molar-refractivity contribution in [1.29, 1.82) is 0 Å². The van der Waals surface area contributed by atoms with Crippen molar-refractivity contribution in [2.45, 2.75) is 43.9 Å². The quantitative estimate of drug-likeness (QED) is 0.138. The first-order valence-electron chi connectivity index (χ1n) is 23.6. The molecule has 308 valence electrons. The van der Waals surface area contributed by atoms with E-state index >= 15 is 0 Å². The van der Waals surface area contributed by atoms with E-state index in [2.05, 4.69) is 223 Å². The summed E-state index contributed by atoms with van der Waals surface area (Å²) in [5.41, 5.74) is 13.2. The highest BCUT2D eigenvalue weighted by molar-refractivity contribution is 7.22. The molecule has 0 N–H and O–H groups in total. The second kappa shape index (κ2) is 14.9. The van der Waals surface area contributed by atoms with Gasteiger partial charge >= 0.3 is 0 Å². The maximum atomic E-state index is 2.57. The first-order valence-corrected chi connectivity index (χ1v) is 25.6. The Kier molecular flexibility index (Phi) is 8.81. The van der Waals surface area contributed by atoms with Gasteiger partial charge in [-0.2, -0.15) is 0 Å². The highest BCUT2D eigenvalue weighted by atomic mass is 28.3. The molecular weight excluding hydrogens is 787 g/mol. The summed E-state index contributed by atoms with van der Waals surface area (Å²) in [5.74, 6) is 2.74. The molecule has 1 aliphatic heterocycles. The minimum Gasteiger partial charge on any atom is -0.310 e. The van der Waals surface area contributed by atoms with E-state index in [1.165, 1.54) is 120 Å². The van der Waals surface area contributed by atoms with E-state index in [4.69, 9.17) is 0 Å². The number of benzene rings is 9. The highest BCUT2D eigenvalue weighted by Gasteiger charge is 2.52. The average Bonchev–Trinajstić information content (AvgIpc) is 3.66. The molecule has 0 spiro atoms. The molecule has 64 heavy (non-hydrogen) atoms. The average molecular weight is 838 g/mol. The second-order valence-corrected chi connectivity index (χ2v) is 23.2. The summed E-state index contributed by atoms with van der Waals surface area (Å²) in [6.45, 7) is 0. The van der Waals surface area contributed by atoms with Gasteiger partial charge in [0.1, 0.15) is 0 Å². The SMILES string of the molecule is c1ccc(-c2cccc3cccc(-c4ccc(N(c5ccc(C67CC8CC(CC(C8)C6)C7)cc5)c5cccc6c5-c5ccccc5[Si]6(c5ccccc5)c5ccccc5)cc4)c23)cc1. The molecule has 4 bridgehead atoms. The molecular formula is C62H51NSi. The molecule has 0 atom stereocenters. The maximum Gasteiger partial charge on any atom is 0.180 e. The van der Waals surface area contributed by atoms with Gasteiger partial charge in [-0.05, 0) is 157 Å². The van der Waals surface area contributed by atoms with Crippen LogP contribution in [0.1, 0.15) is 44.1 Å². The lowest BCUT2D eigenvalue weighted by atomic mass is 9.48. The van der Waals surface area contributed by atoms with Gasteiger partial charge in [0.25, 0.3) is 0 Å². The lowest BCUT2D eigenvalue weighted by molar-refractivity contribution is -0.00518. The molecule has 5 aliphatic rings. The smallest absolute Gasteiger partial charge is 0.180 e. The first-order chi connectivity index (χ1) is 31.7. The van der Waals surface area contributed by atoms with E-state index in [9.17, 15) is 0 Å². The van der Waals surface area contributed by atoms with E-state index in [0.29, 0.717) is 5.41 Å². The number of hydrogen-bond acceptors (Lipinski definition) is 1. The van der Waals surface area contributed by atoms with Crippen LogP contribution in [-0.2, 0) is 5.41 Å². The van der Waals surface area contributed by atoms with Gasteiger partial charge in [0.05, 0.1) is 5.69 Å². The molecule has 2 heteroatoms. The summed E-state index contributed by atoms with van der Waals surface area (Å²) >= 11 is 0. The maximum absolute atomic E-state index is 2.69. The second-order valence-electron chi connectivity index (χ2n) is 19.4. The zero-order valence-corrected chi connectivity index (χ0v) is 37.2.